The minimum absolute atomic E-state index is 0.0153. The summed E-state index contributed by atoms with van der Waals surface area (Å²) in [5.41, 5.74) is 8.87. The highest BCUT2D eigenvalue weighted by molar-refractivity contribution is 5.90. The van der Waals surface area contributed by atoms with Crippen LogP contribution in [-0.4, -0.2) is 62.8 Å². The van der Waals surface area contributed by atoms with Gasteiger partial charge in [-0.2, -0.15) is 8.78 Å². The average molecular weight is 689 g/mol. The van der Waals surface area contributed by atoms with Crippen molar-refractivity contribution in [2.24, 2.45) is 11.6 Å². The lowest BCUT2D eigenvalue weighted by Gasteiger charge is -2.15. The summed E-state index contributed by atoms with van der Waals surface area (Å²) in [6.07, 6.45) is 6.84. The number of hydrogen-bond donors (Lipinski definition) is 4. The van der Waals surface area contributed by atoms with Crippen molar-refractivity contribution in [3.63, 3.8) is 0 Å². The van der Waals surface area contributed by atoms with Crippen molar-refractivity contribution in [1.29, 1.82) is 0 Å². The number of rotatable bonds is 12. The normalized spacial score (nSPS) is 15.0. The number of hydrazine groups is 1. The topological polar surface area (TPSA) is 135 Å². The lowest BCUT2D eigenvalue weighted by atomic mass is 10.0. The Hall–Kier alpha value is -4.75. The molecule has 2 aromatic rings. The van der Waals surface area contributed by atoms with Crippen LogP contribution in [-0.2, 0) is 16.1 Å². The van der Waals surface area contributed by atoms with Gasteiger partial charge < -0.3 is 30.8 Å². The van der Waals surface area contributed by atoms with Crippen LogP contribution < -0.4 is 31.8 Å². The van der Waals surface area contributed by atoms with Crippen LogP contribution in [0.25, 0.3) is 5.57 Å². The van der Waals surface area contributed by atoms with Gasteiger partial charge in [0.1, 0.15) is 17.7 Å². The second-order valence-electron chi connectivity index (χ2n) is 9.98. The van der Waals surface area contributed by atoms with E-state index in [1.807, 2.05) is 82.4 Å². The lowest BCUT2D eigenvalue weighted by Crippen LogP contribution is -2.37. The molecule has 13 heteroatoms. The number of carbonyl (C=O) groups is 2. The number of carbonyl (C=O) groups excluding carboxylic acids is 2. The molecule has 2 amide bonds. The molecule has 0 saturated carbocycles. The number of cyclic esters (lactones) is 1. The number of hydrogen-bond acceptors (Lipinski definition) is 8. The molecule has 270 valence electrons. The molecular formula is C36H51F3N6O4. The van der Waals surface area contributed by atoms with Crippen molar-refractivity contribution in [2.45, 2.75) is 60.1 Å². The first-order valence-electron chi connectivity index (χ1n) is 16.3. The third-order valence-corrected chi connectivity index (χ3v) is 6.73. The molecule has 0 aromatic heterocycles. The predicted molar refractivity (Wildman–Crippen MR) is 190 cm³/mol. The van der Waals surface area contributed by atoms with Crippen molar-refractivity contribution >= 4 is 23.3 Å². The number of amides is 2. The smallest absolute Gasteiger partial charge is 0.414 e. The molecule has 49 heavy (non-hydrogen) atoms. The van der Waals surface area contributed by atoms with Gasteiger partial charge in [-0.3, -0.25) is 9.69 Å². The van der Waals surface area contributed by atoms with Gasteiger partial charge in [0.25, 0.3) is 5.91 Å². The van der Waals surface area contributed by atoms with Crippen LogP contribution in [0.3, 0.4) is 0 Å². The Morgan fingerprint density at radius 1 is 1.12 bits per heavy atom. The molecule has 1 fully saturated rings. The molecule has 2 aromatic carbocycles. The maximum atomic E-state index is 14.9. The van der Waals surface area contributed by atoms with Crippen molar-refractivity contribution in [1.82, 2.24) is 15.6 Å². The molecule has 6 N–H and O–H groups in total. The second-order valence-corrected chi connectivity index (χ2v) is 9.98. The molecular weight excluding hydrogens is 637 g/mol. The zero-order valence-corrected chi connectivity index (χ0v) is 29.2. The highest BCUT2D eigenvalue weighted by Crippen LogP contribution is 2.29. The van der Waals surface area contributed by atoms with E-state index in [2.05, 4.69) is 11.4 Å². The summed E-state index contributed by atoms with van der Waals surface area (Å²) in [5.74, 6) is 4.53. The van der Waals surface area contributed by atoms with Gasteiger partial charge in [0.05, 0.1) is 32.4 Å². The SMILES string of the molecule is CC.CC.CCNCC1=CCC=C(c2ccc(N3CC(CNC(=O)C(F)F)OC3=O)cc2F)C=C1.COc1ccc(CN(N)/C=C\N)cc1. The Morgan fingerprint density at radius 2 is 1.82 bits per heavy atom. The summed E-state index contributed by atoms with van der Waals surface area (Å²) in [5, 5.41) is 6.78. The molecule has 2 aliphatic rings. The number of halogens is 3. The summed E-state index contributed by atoms with van der Waals surface area (Å²) in [4.78, 5) is 24.3. The first-order valence-corrected chi connectivity index (χ1v) is 16.3. The van der Waals surface area contributed by atoms with Gasteiger partial charge in [0, 0.05) is 24.5 Å². The summed E-state index contributed by atoms with van der Waals surface area (Å²) in [6, 6.07) is 12.2. The zero-order chi connectivity index (χ0) is 36.8. The highest BCUT2D eigenvalue weighted by Gasteiger charge is 2.33. The Labute approximate surface area is 288 Å². The van der Waals surface area contributed by atoms with Gasteiger partial charge in [-0.1, -0.05) is 71.1 Å². The lowest BCUT2D eigenvalue weighted by molar-refractivity contribution is -0.132. The van der Waals surface area contributed by atoms with E-state index in [9.17, 15) is 22.8 Å². The van der Waals surface area contributed by atoms with Crippen LogP contribution in [0.15, 0.2) is 84.7 Å². The van der Waals surface area contributed by atoms with Crippen molar-refractivity contribution < 1.29 is 32.2 Å². The average Bonchev–Trinajstić information content (AvgIpc) is 3.33. The second kappa shape index (κ2) is 23.6. The minimum atomic E-state index is -3.14. The molecule has 10 nitrogen and oxygen atoms in total. The van der Waals surface area contributed by atoms with Crippen molar-refractivity contribution in [2.75, 3.05) is 38.2 Å². The zero-order valence-electron chi connectivity index (χ0n) is 29.2. The van der Waals surface area contributed by atoms with E-state index in [-0.39, 0.29) is 18.8 Å². The number of methoxy groups -OCH3 is 1. The summed E-state index contributed by atoms with van der Waals surface area (Å²) in [6.45, 7) is 12.0. The third kappa shape index (κ3) is 14.5. The molecule has 0 bridgehead atoms. The monoisotopic (exact) mass is 688 g/mol. The van der Waals surface area contributed by atoms with Gasteiger partial charge >= 0.3 is 12.5 Å². The number of anilines is 1. The first kappa shape index (κ1) is 42.3. The molecule has 0 radical (unpaired) electrons. The number of allylic oxidation sites excluding steroid dienone is 4. The van der Waals surface area contributed by atoms with E-state index in [4.69, 9.17) is 21.1 Å². The molecule has 1 aliphatic heterocycles. The molecule has 1 aliphatic carbocycles. The molecule has 1 heterocycles. The molecule has 1 unspecified atom stereocenters. The summed E-state index contributed by atoms with van der Waals surface area (Å²) >= 11 is 0. The molecule has 4 rings (SSSR count). The van der Waals surface area contributed by atoms with E-state index in [0.29, 0.717) is 18.5 Å². The summed E-state index contributed by atoms with van der Waals surface area (Å²) < 4.78 is 49.5. The van der Waals surface area contributed by atoms with Crippen molar-refractivity contribution in [3.8, 4) is 5.75 Å². The number of benzene rings is 2. The van der Waals surface area contributed by atoms with E-state index in [1.54, 1.807) is 25.4 Å². The number of nitrogens with one attached hydrogen (secondary N) is 2. The maximum absolute atomic E-state index is 14.9. The first-order chi connectivity index (χ1) is 23.6. The van der Waals surface area contributed by atoms with E-state index in [1.165, 1.54) is 22.2 Å². The minimum Gasteiger partial charge on any atom is -0.497 e. The Kier molecular flexibility index (Phi) is 20.3. The number of nitrogens with zero attached hydrogens (tertiary/aromatic N) is 2. The predicted octanol–water partition coefficient (Wildman–Crippen LogP) is 6.26. The van der Waals surface area contributed by atoms with Gasteiger partial charge in [-0.25, -0.2) is 15.0 Å². The van der Waals surface area contributed by atoms with Crippen LogP contribution >= 0.6 is 0 Å². The van der Waals surface area contributed by atoms with Gasteiger partial charge in [0.15, 0.2) is 0 Å². The fourth-order valence-electron chi connectivity index (χ4n) is 4.41. The fourth-order valence-corrected chi connectivity index (χ4v) is 4.41. The fraction of sp³-hybridized carbons (Fsp3) is 0.389. The Balaban J connectivity index is 0.000000558. The Morgan fingerprint density at radius 3 is 2.41 bits per heavy atom. The van der Waals surface area contributed by atoms with Gasteiger partial charge in [-0.15, -0.1) is 0 Å². The third-order valence-electron chi connectivity index (χ3n) is 6.73. The highest BCUT2D eigenvalue weighted by atomic mass is 19.3. The standard InChI is InChI=1S/C22H24F3N3O3.C10H15N3O.2C2H6/c1-2-26-11-14-4-3-5-15(7-6-14)18-9-8-16(10-19(18)23)28-13-17(31-22(28)30)12-27-21(29)20(24)25;1-14-10-4-2-9(3-5-10)8-13(12)7-6-11;2*1-2/h4-10,17,20,26H,2-3,11-13H2,1H3,(H,27,29);2-7H,8,11-12H2,1H3;2*1-2H3/b;7-6-;;. The van der Waals surface area contributed by atoms with Crippen LogP contribution in [0, 0.1) is 5.82 Å². The molecule has 0 spiro atoms. The molecule has 1 saturated heterocycles. The number of ether oxygens (including phenoxy) is 2. The van der Waals surface area contributed by atoms with Crippen LogP contribution in [0.4, 0.5) is 23.7 Å². The van der Waals surface area contributed by atoms with E-state index >= 15 is 0 Å². The van der Waals surface area contributed by atoms with Gasteiger partial charge in [-0.05, 0) is 60.0 Å². The van der Waals surface area contributed by atoms with Crippen molar-refractivity contribution in [3.05, 3.63) is 102 Å². The summed E-state index contributed by atoms with van der Waals surface area (Å²) in [7, 11) is 1.64. The maximum Gasteiger partial charge on any atom is 0.414 e. The van der Waals surface area contributed by atoms with E-state index < -0.39 is 30.3 Å². The van der Waals surface area contributed by atoms with E-state index in [0.717, 1.165) is 35.5 Å². The number of alkyl halides is 2. The largest absolute Gasteiger partial charge is 0.497 e. The quantitative estimate of drug-likeness (QED) is 0.152. The van der Waals surface area contributed by atoms with Crippen LogP contribution in [0.1, 0.15) is 52.2 Å². The van der Waals surface area contributed by atoms with Crippen LogP contribution in [0.2, 0.25) is 0 Å². The van der Waals surface area contributed by atoms with Gasteiger partial charge in [0.2, 0.25) is 0 Å². The number of likely N-dealkylation sites (N-methyl/N-ethyl adjacent to an activating group) is 1. The molecule has 1 atom stereocenters. The van der Waals surface area contributed by atoms with Crippen LogP contribution in [0.5, 0.6) is 5.75 Å². The number of nitrogens with two attached hydrogens (primary N) is 2. The Bertz CT molecular complexity index is 1410.